The number of aromatic nitrogens is 3. The summed E-state index contributed by atoms with van der Waals surface area (Å²) in [6.45, 7) is 0.418. The third kappa shape index (κ3) is 4.29. The molecule has 0 atom stereocenters. The van der Waals surface area contributed by atoms with E-state index in [0.717, 1.165) is 18.7 Å². The summed E-state index contributed by atoms with van der Waals surface area (Å²) in [5.41, 5.74) is -3.61. The van der Waals surface area contributed by atoms with Crippen molar-refractivity contribution in [3.05, 3.63) is 46.5 Å². The van der Waals surface area contributed by atoms with E-state index in [1.165, 1.54) is 4.90 Å². The lowest BCUT2D eigenvalue weighted by molar-refractivity contribution is -0.143. The van der Waals surface area contributed by atoms with Crippen LogP contribution in [0.1, 0.15) is 70.7 Å². The molecule has 1 aliphatic carbocycles. The first-order chi connectivity index (χ1) is 14.0. The molecule has 1 saturated carbocycles. The Morgan fingerprint density at radius 3 is 1.97 bits per heavy atom. The summed E-state index contributed by atoms with van der Waals surface area (Å²) in [5, 5.41) is 7.10. The fraction of sp³-hybridized carbons (Fsp3) is 0.526. The third-order valence-electron chi connectivity index (χ3n) is 5.47. The van der Waals surface area contributed by atoms with E-state index < -0.39 is 35.0 Å². The molecule has 30 heavy (non-hydrogen) atoms. The van der Waals surface area contributed by atoms with E-state index in [9.17, 15) is 31.1 Å². The number of piperidine rings is 1. The largest absolute Gasteiger partial charge is 0.416 e. The number of carbonyl (C=O) groups excluding carboxylic acids is 1. The molecule has 11 heteroatoms. The first kappa shape index (κ1) is 20.7. The van der Waals surface area contributed by atoms with Crippen LogP contribution in [0.3, 0.4) is 0 Å². The van der Waals surface area contributed by atoms with Crippen molar-refractivity contribution in [1.29, 1.82) is 0 Å². The SMILES string of the molecule is O=C(c1cc(C(F)(F)F)cc(C(F)(F)F)c1)N1CCC(c2nc(C3CC3)n[nH]2)CC1. The minimum Gasteiger partial charge on any atom is -0.339 e. The smallest absolute Gasteiger partial charge is 0.339 e. The monoisotopic (exact) mass is 432 g/mol. The molecule has 0 radical (unpaired) electrons. The highest BCUT2D eigenvalue weighted by Gasteiger charge is 2.38. The van der Waals surface area contributed by atoms with E-state index in [1.807, 2.05) is 0 Å². The Morgan fingerprint density at radius 2 is 1.47 bits per heavy atom. The van der Waals surface area contributed by atoms with Gasteiger partial charge in [-0.25, -0.2) is 4.98 Å². The highest BCUT2D eigenvalue weighted by molar-refractivity contribution is 5.94. The number of amides is 1. The lowest BCUT2D eigenvalue weighted by Crippen LogP contribution is -2.38. The molecule has 1 aromatic heterocycles. The average Bonchev–Trinajstić information content (AvgIpc) is 3.42. The topological polar surface area (TPSA) is 61.9 Å². The Bertz CT molecular complexity index is 907. The first-order valence-corrected chi connectivity index (χ1v) is 9.53. The van der Waals surface area contributed by atoms with Crippen molar-refractivity contribution < 1.29 is 31.1 Å². The van der Waals surface area contributed by atoms with Gasteiger partial charge in [-0.2, -0.15) is 31.4 Å². The molecule has 1 aliphatic heterocycles. The molecule has 2 heterocycles. The van der Waals surface area contributed by atoms with Crippen LogP contribution in [0.4, 0.5) is 26.3 Å². The lowest BCUT2D eigenvalue weighted by Gasteiger charge is -2.31. The quantitative estimate of drug-likeness (QED) is 0.713. The minimum atomic E-state index is -4.99. The van der Waals surface area contributed by atoms with Crippen LogP contribution in [0.5, 0.6) is 0 Å². The van der Waals surface area contributed by atoms with Gasteiger partial charge in [0.25, 0.3) is 5.91 Å². The Morgan fingerprint density at radius 1 is 0.900 bits per heavy atom. The summed E-state index contributed by atoms with van der Waals surface area (Å²) in [7, 11) is 0. The van der Waals surface area contributed by atoms with Gasteiger partial charge in [-0.15, -0.1) is 0 Å². The van der Waals surface area contributed by atoms with E-state index in [4.69, 9.17) is 0 Å². The molecular formula is C19H18F6N4O. The number of benzene rings is 1. The lowest BCUT2D eigenvalue weighted by atomic mass is 9.95. The molecule has 5 nitrogen and oxygen atoms in total. The van der Waals surface area contributed by atoms with Gasteiger partial charge in [-0.1, -0.05) is 0 Å². The number of likely N-dealkylation sites (tertiary alicyclic amines) is 1. The van der Waals surface area contributed by atoms with Crippen molar-refractivity contribution in [1.82, 2.24) is 20.1 Å². The Balaban J connectivity index is 1.49. The molecule has 2 fully saturated rings. The number of nitrogens with zero attached hydrogens (tertiary/aromatic N) is 3. The number of H-pyrrole nitrogens is 1. The summed E-state index contributed by atoms with van der Waals surface area (Å²) >= 11 is 0. The molecule has 1 N–H and O–H groups in total. The van der Waals surface area contributed by atoms with Crippen LogP contribution in [0.25, 0.3) is 0 Å². The number of carbonyl (C=O) groups is 1. The number of alkyl halides is 6. The van der Waals surface area contributed by atoms with E-state index in [2.05, 4.69) is 15.2 Å². The average molecular weight is 432 g/mol. The van der Waals surface area contributed by atoms with E-state index in [0.29, 0.717) is 36.7 Å². The number of rotatable bonds is 3. The fourth-order valence-electron chi connectivity index (χ4n) is 3.61. The van der Waals surface area contributed by atoms with Crippen LogP contribution < -0.4 is 0 Å². The third-order valence-corrected chi connectivity index (χ3v) is 5.47. The highest BCUT2D eigenvalue weighted by atomic mass is 19.4. The minimum absolute atomic E-state index is 0.0151. The van der Waals surface area contributed by atoms with Gasteiger partial charge in [0.05, 0.1) is 11.1 Å². The standard InChI is InChI=1S/C19H18F6N4O/c20-18(21,22)13-7-12(8-14(9-13)19(23,24)25)17(30)29-5-3-11(4-6-29)16-26-15(27-28-16)10-1-2-10/h7-11H,1-6H2,(H,26,27,28). The summed E-state index contributed by atoms with van der Waals surface area (Å²) in [5.74, 6) is 1.04. The van der Waals surface area contributed by atoms with Crippen molar-refractivity contribution in [2.75, 3.05) is 13.1 Å². The van der Waals surface area contributed by atoms with Crippen LogP contribution in [0, 0.1) is 0 Å². The molecule has 2 aromatic rings. The van der Waals surface area contributed by atoms with Crippen molar-refractivity contribution in [2.24, 2.45) is 0 Å². The second-order valence-electron chi connectivity index (χ2n) is 7.71. The molecule has 4 rings (SSSR count). The molecule has 1 aromatic carbocycles. The molecule has 2 aliphatic rings. The number of nitrogens with one attached hydrogen (secondary N) is 1. The van der Waals surface area contributed by atoms with Gasteiger partial charge in [0.1, 0.15) is 5.82 Å². The van der Waals surface area contributed by atoms with E-state index in [-0.39, 0.29) is 25.1 Å². The molecule has 0 unspecified atom stereocenters. The molecule has 1 amide bonds. The van der Waals surface area contributed by atoms with Crippen LogP contribution in [-0.4, -0.2) is 39.1 Å². The zero-order valence-electron chi connectivity index (χ0n) is 15.6. The predicted octanol–water partition coefficient (Wildman–Crippen LogP) is 4.74. The maximum atomic E-state index is 13.0. The summed E-state index contributed by atoms with van der Waals surface area (Å²) in [4.78, 5) is 18.4. The first-order valence-electron chi connectivity index (χ1n) is 9.53. The molecule has 0 spiro atoms. The zero-order valence-corrected chi connectivity index (χ0v) is 15.6. The van der Waals surface area contributed by atoms with Crippen LogP contribution in [0.15, 0.2) is 18.2 Å². The zero-order chi connectivity index (χ0) is 21.7. The van der Waals surface area contributed by atoms with Gasteiger partial charge >= 0.3 is 12.4 Å². The van der Waals surface area contributed by atoms with Gasteiger partial charge in [-0.3, -0.25) is 9.89 Å². The molecule has 1 saturated heterocycles. The number of hydrogen-bond acceptors (Lipinski definition) is 3. The summed E-state index contributed by atoms with van der Waals surface area (Å²) in [6, 6.07) is 0.967. The second-order valence-corrected chi connectivity index (χ2v) is 7.71. The van der Waals surface area contributed by atoms with Crippen molar-refractivity contribution in [3.8, 4) is 0 Å². The van der Waals surface area contributed by atoms with E-state index >= 15 is 0 Å². The summed E-state index contributed by atoms with van der Waals surface area (Å²) in [6.07, 6.45) is -6.88. The molecular weight excluding hydrogens is 414 g/mol. The van der Waals surface area contributed by atoms with Crippen LogP contribution >= 0.6 is 0 Å². The Labute approximate surface area is 167 Å². The molecule has 0 bridgehead atoms. The normalized spacial score (nSPS) is 18.7. The number of halogens is 6. The Kier molecular flexibility index (Phi) is 5.01. The van der Waals surface area contributed by atoms with Crippen molar-refractivity contribution >= 4 is 5.91 Å². The number of aromatic amines is 1. The van der Waals surface area contributed by atoms with Gasteiger partial charge in [0.15, 0.2) is 5.82 Å². The summed E-state index contributed by atoms with van der Waals surface area (Å²) < 4.78 is 78.2. The maximum absolute atomic E-state index is 13.0. The van der Waals surface area contributed by atoms with Crippen LogP contribution in [0.2, 0.25) is 0 Å². The molecule has 162 valence electrons. The van der Waals surface area contributed by atoms with Gasteiger partial charge in [0, 0.05) is 30.5 Å². The predicted molar refractivity (Wildman–Crippen MR) is 92.7 cm³/mol. The maximum Gasteiger partial charge on any atom is 0.416 e. The van der Waals surface area contributed by atoms with Crippen molar-refractivity contribution in [3.63, 3.8) is 0 Å². The highest BCUT2D eigenvalue weighted by Crippen LogP contribution is 2.39. The van der Waals surface area contributed by atoms with E-state index in [1.54, 1.807) is 0 Å². The second kappa shape index (κ2) is 7.28. The Hall–Kier alpha value is -2.59. The number of hydrogen-bond donors (Lipinski definition) is 1. The van der Waals surface area contributed by atoms with Gasteiger partial charge in [0.2, 0.25) is 0 Å². The van der Waals surface area contributed by atoms with Crippen molar-refractivity contribution in [2.45, 2.75) is 49.9 Å². The van der Waals surface area contributed by atoms with Gasteiger partial charge in [-0.05, 0) is 43.9 Å². The van der Waals surface area contributed by atoms with Crippen LogP contribution in [-0.2, 0) is 12.4 Å². The van der Waals surface area contributed by atoms with Gasteiger partial charge < -0.3 is 4.90 Å². The fourth-order valence-corrected chi connectivity index (χ4v) is 3.61.